The predicted octanol–water partition coefficient (Wildman–Crippen LogP) is 1.96. The molecule has 120 valence electrons. The Labute approximate surface area is 127 Å². The highest BCUT2D eigenvalue weighted by Crippen LogP contribution is 2.26. The number of benzene rings is 1. The summed E-state index contributed by atoms with van der Waals surface area (Å²) in [6.45, 7) is 7.90. The molecule has 21 heavy (non-hydrogen) atoms. The lowest BCUT2D eigenvalue weighted by atomic mass is 10.1. The predicted molar refractivity (Wildman–Crippen MR) is 85.1 cm³/mol. The standard InChI is InChI=1S/C15H26N2O3S/c1-10(2)6-13(9-16)17-21(18,19)15-11(3)7-14(20-5)8-12(15)4/h7-8,10,13,17H,6,9,16H2,1-5H3. The van der Waals surface area contributed by atoms with Crippen LogP contribution >= 0.6 is 0 Å². The van der Waals surface area contributed by atoms with Gasteiger partial charge in [-0.15, -0.1) is 0 Å². The normalized spacial score (nSPS) is 13.5. The molecule has 0 aliphatic rings. The Morgan fingerprint density at radius 1 is 1.24 bits per heavy atom. The van der Waals surface area contributed by atoms with Gasteiger partial charge in [-0.3, -0.25) is 0 Å². The number of rotatable bonds is 7. The van der Waals surface area contributed by atoms with Gasteiger partial charge < -0.3 is 10.5 Å². The van der Waals surface area contributed by atoms with Crippen LogP contribution in [0.4, 0.5) is 0 Å². The molecule has 5 nitrogen and oxygen atoms in total. The molecule has 1 unspecified atom stereocenters. The third-order valence-electron chi connectivity index (χ3n) is 3.30. The van der Waals surface area contributed by atoms with Crippen molar-refractivity contribution in [2.24, 2.45) is 11.7 Å². The molecule has 0 aliphatic carbocycles. The molecule has 6 heteroatoms. The lowest BCUT2D eigenvalue weighted by molar-refractivity contribution is 0.413. The zero-order valence-electron chi connectivity index (χ0n) is 13.4. The molecule has 1 aromatic rings. The molecule has 0 aliphatic heterocycles. The molecule has 3 N–H and O–H groups in total. The van der Waals surface area contributed by atoms with Gasteiger partial charge in [0.1, 0.15) is 5.75 Å². The zero-order chi connectivity index (χ0) is 16.2. The lowest BCUT2D eigenvalue weighted by Gasteiger charge is -2.20. The minimum Gasteiger partial charge on any atom is -0.497 e. The number of aryl methyl sites for hydroxylation is 2. The highest BCUT2D eigenvalue weighted by molar-refractivity contribution is 7.89. The lowest BCUT2D eigenvalue weighted by Crippen LogP contribution is -2.41. The summed E-state index contributed by atoms with van der Waals surface area (Å²) in [5, 5.41) is 0. The maximum absolute atomic E-state index is 12.6. The van der Waals surface area contributed by atoms with Crippen molar-refractivity contribution in [3.8, 4) is 5.75 Å². The number of methoxy groups -OCH3 is 1. The molecular formula is C15H26N2O3S. The van der Waals surface area contributed by atoms with Gasteiger partial charge in [-0.1, -0.05) is 13.8 Å². The van der Waals surface area contributed by atoms with Crippen LogP contribution in [-0.2, 0) is 10.0 Å². The maximum Gasteiger partial charge on any atom is 0.241 e. The van der Waals surface area contributed by atoms with E-state index in [0.717, 1.165) is 0 Å². The van der Waals surface area contributed by atoms with Crippen LogP contribution < -0.4 is 15.2 Å². The van der Waals surface area contributed by atoms with E-state index in [0.29, 0.717) is 34.1 Å². The summed E-state index contributed by atoms with van der Waals surface area (Å²) >= 11 is 0. The van der Waals surface area contributed by atoms with E-state index < -0.39 is 10.0 Å². The average molecular weight is 314 g/mol. The SMILES string of the molecule is COc1cc(C)c(S(=O)(=O)NC(CN)CC(C)C)c(C)c1. The van der Waals surface area contributed by atoms with Crippen LogP contribution in [-0.4, -0.2) is 28.1 Å². The van der Waals surface area contributed by atoms with Gasteiger partial charge in [-0.2, -0.15) is 0 Å². The molecule has 0 saturated heterocycles. The summed E-state index contributed by atoms with van der Waals surface area (Å²) in [7, 11) is -2.03. The van der Waals surface area contributed by atoms with E-state index in [-0.39, 0.29) is 12.6 Å². The Hall–Kier alpha value is -1.11. The number of nitrogens with two attached hydrogens (primary N) is 1. The van der Waals surface area contributed by atoms with Crippen molar-refractivity contribution in [3.63, 3.8) is 0 Å². The van der Waals surface area contributed by atoms with E-state index in [1.807, 2.05) is 13.8 Å². The van der Waals surface area contributed by atoms with E-state index in [1.54, 1.807) is 33.1 Å². The van der Waals surface area contributed by atoms with Gasteiger partial charge in [0.25, 0.3) is 0 Å². The topological polar surface area (TPSA) is 81.4 Å². The van der Waals surface area contributed by atoms with Crippen molar-refractivity contribution in [1.29, 1.82) is 0 Å². The Bertz CT molecular complexity index is 560. The van der Waals surface area contributed by atoms with Crippen molar-refractivity contribution < 1.29 is 13.2 Å². The summed E-state index contributed by atoms with van der Waals surface area (Å²) in [6.07, 6.45) is 0.712. The Kier molecular flexibility index (Phi) is 6.19. The average Bonchev–Trinajstić information content (AvgIpc) is 2.35. The molecule has 0 amide bonds. The smallest absolute Gasteiger partial charge is 0.241 e. The fourth-order valence-corrected chi connectivity index (χ4v) is 4.21. The van der Waals surface area contributed by atoms with Gasteiger partial charge in [-0.25, -0.2) is 13.1 Å². The van der Waals surface area contributed by atoms with Crippen LogP contribution in [0.5, 0.6) is 5.75 Å². The maximum atomic E-state index is 12.6. The Morgan fingerprint density at radius 2 is 1.76 bits per heavy atom. The fraction of sp³-hybridized carbons (Fsp3) is 0.600. The first-order chi connectivity index (χ1) is 9.71. The first kappa shape index (κ1) is 17.9. The molecule has 0 aromatic heterocycles. The van der Waals surface area contributed by atoms with Crippen LogP contribution in [0.2, 0.25) is 0 Å². The van der Waals surface area contributed by atoms with Crippen molar-refractivity contribution >= 4 is 10.0 Å². The van der Waals surface area contributed by atoms with Crippen LogP contribution in [0, 0.1) is 19.8 Å². The molecule has 1 rings (SSSR count). The largest absolute Gasteiger partial charge is 0.497 e. The summed E-state index contributed by atoms with van der Waals surface area (Å²) in [6, 6.07) is 3.19. The highest BCUT2D eigenvalue weighted by Gasteiger charge is 2.24. The third kappa shape index (κ3) is 4.69. The first-order valence-electron chi connectivity index (χ1n) is 7.09. The van der Waals surface area contributed by atoms with Crippen molar-refractivity contribution in [3.05, 3.63) is 23.3 Å². The van der Waals surface area contributed by atoms with Gasteiger partial charge >= 0.3 is 0 Å². The molecule has 0 fully saturated rings. The number of hydrogen-bond acceptors (Lipinski definition) is 4. The molecule has 0 radical (unpaired) electrons. The Balaban J connectivity index is 3.13. The first-order valence-corrected chi connectivity index (χ1v) is 8.57. The quantitative estimate of drug-likeness (QED) is 0.806. The van der Waals surface area contributed by atoms with E-state index in [2.05, 4.69) is 4.72 Å². The summed E-state index contributed by atoms with van der Waals surface area (Å²) in [5.74, 6) is 1.03. The molecule has 1 atom stereocenters. The zero-order valence-corrected chi connectivity index (χ0v) is 14.3. The van der Waals surface area contributed by atoms with Crippen LogP contribution in [0.15, 0.2) is 17.0 Å². The van der Waals surface area contributed by atoms with E-state index in [4.69, 9.17) is 10.5 Å². The van der Waals surface area contributed by atoms with Crippen molar-refractivity contribution in [1.82, 2.24) is 4.72 Å². The molecule has 0 heterocycles. The monoisotopic (exact) mass is 314 g/mol. The number of sulfonamides is 1. The minimum absolute atomic E-state index is 0.254. The third-order valence-corrected chi connectivity index (χ3v) is 5.13. The second kappa shape index (κ2) is 7.24. The van der Waals surface area contributed by atoms with Gasteiger partial charge in [0.05, 0.1) is 12.0 Å². The van der Waals surface area contributed by atoms with E-state index >= 15 is 0 Å². The molecule has 0 spiro atoms. The molecule has 1 aromatic carbocycles. The van der Waals surface area contributed by atoms with Gasteiger partial charge in [-0.05, 0) is 49.4 Å². The van der Waals surface area contributed by atoms with Gasteiger partial charge in [0, 0.05) is 12.6 Å². The van der Waals surface area contributed by atoms with Crippen molar-refractivity contribution in [2.45, 2.75) is 45.1 Å². The number of ether oxygens (including phenoxy) is 1. The second-order valence-corrected chi connectivity index (χ2v) is 7.42. The van der Waals surface area contributed by atoms with E-state index in [1.165, 1.54) is 0 Å². The summed E-state index contributed by atoms with van der Waals surface area (Å²) in [5.41, 5.74) is 7.01. The van der Waals surface area contributed by atoms with Gasteiger partial charge in [0.2, 0.25) is 10.0 Å². The van der Waals surface area contributed by atoms with Crippen molar-refractivity contribution in [2.75, 3.05) is 13.7 Å². The van der Waals surface area contributed by atoms with Crippen LogP contribution in [0.1, 0.15) is 31.4 Å². The fourth-order valence-electron chi connectivity index (χ4n) is 2.49. The molecular weight excluding hydrogens is 288 g/mol. The van der Waals surface area contributed by atoms with E-state index in [9.17, 15) is 8.42 Å². The number of nitrogens with one attached hydrogen (secondary N) is 1. The van der Waals surface area contributed by atoms with Gasteiger partial charge in [0.15, 0.2) is 0 Å². The molecule has 0 bridgehead atoms. The summed E-state index contributed by atoms with van der Waals surface area (Å²) in [4.78, 5) is 0.311. The molecule has 0 saturated carbocycles. The Morgan fingerprint density at radius 3 is 2.14 bits per heavy atom. The number of hydrogen-bond donors (Lipinski definition) is 2. The van der Waals surface area contributed by atoms with Crippen LogP contribution in [0.3, 0.4) is 0 Å². The minimum atomic E-state index is -3.59. The second-order valence-electron chi connectivity index (χ2n) is 5.77. The summed E-state index contributed by atoms with van der Waals surface area (Å²) < 4.78 is 33.1. The van der Waals surface area contributed by atoms with Crippen LogP contribution in [0.25, 0.3) is 0 Å². The highest BCUT2D eigenvalue weighted by atomic mass is 32.2.